The van der Waals surface area contributed by atoms with Crippen molar-refractivity contribution in [3.05, 3.63) is 91.4 Å². The second-order valence-electron chi connectivity index (χ2n) is 6.38. The van der Waals surface area contributed by atoms with E-state index in [1.807, 2.05) is 0 Å². The lowest BCUT2D eigenvalue weighted by molar-refractivity contribution is 0.102. The largest absolute Gasteiger partial charge is 0.320 e. The molecule has 3 aromatic carbocycles. The van der Waals surface area contributed by atoms with E-state index in [9.17, 15) is 18.0 Å². The van der Waals surface area contributed by atoms with Crippen LogP contribution < -0.4 is 10.0 Å². The highest BCUT2D eigenvalue weighted by molar-refractivity contribution is 7.89. The maximum absolute atomic E-state index is 13.4. The molecule has 0 unspecified atom stereocenters. The number of sulfonamides is 1. The highest BCUT2D eigenvalue weighted by atomic mass is 35.5. The normalized spacial score (nSPS) is 11.3. The maximum Gasteiger partial charge on any atom is 0.255 e. The SMILES string of the molecule is CNS(=O)(=O)c1c(Cl)c(Cl)c(Cl)c(C(=O)c2ccc(Cl)cc2)c1NC(=O)c1ccccc1. The molecule has 1 amide bonds. The van der Waals surface area contributed by atoms with Gasteiger partial charge in [0.05, 0.1) is 26.3 Å². The zero-order valence-corrected chi connectivity index (χ0v) is 20.1. The Balaban J connectivity index is 2.33. The van der Waals surface area contributed by atoms with Gasteiger partial charge in [-0.2, -0.15) is 0 Å². The van der Waals surface area contributed by atoms with Gasteiger partial charge < -0.3 is 5.32 Å². The van der Waals surface area contributed by atoms with Crippen molar-refractivity contribution in [3.63, 3.8) is 0 Å². The summed E-state index contributed by atoms with van der Waals surface area (Å²) >= 11 is 24.7. The minimum absolute atomic E-state index is 0.137. The molecule has 0 atom stereocenters. The zero-order valence-electron chi connectivity index (χ0n) is 16.2. The molecule has 32 heavy (non-hydrogen) atoms. The molecule has 3 aromatic rings. The quantitative estimate of drug-likeness (QED) is 0.315. The molecule has 0 bridgehead atoms. The molecular formula is C21H14Cl4N2O4S. The summed E-state index contributed by atoms with van der Waals surface area (Å²) < 4.78 is 27.7. The Kier molecular flexibility index (Phi) is 7.50. The molecule has 0 aromatic heterocycles. The summed E-state index contributed by atoms with van der Waals surface area (Å²) in [5, 5.41) is 1.76. The van der Waals surface area contributed by atoms with E-state index >= 15 is 0 Å². The molecule has 0 radical (unpaired) electrons. The molecular weight excluding hydrogens is 518 g/mol. The van der Waals surface area contributed by atoms with Crippen molar-refractivity contribution >= 4 is 73.8 Å². The van der Waals surface area contributed by atoms with Crippen LogP contribution in [0.5, 0.6) is 0 Å². The number of carbonyl (C=O) groups excluding carboxylic acids is 2. The van der Waals surface area contributed by atoms with Gasteiger partial charge >= 0.3 is 0 Å². The smallest absolute Gasteiger partial charge is 0.255 e. The molecule has 0 fully saturated rings. The fraction of sp³-hybridized carbons (Fsp3) is 0.0476. The van der Waals surface area contributed by atoms with Crippen LogP contribution in [-0.2, 0) is 10.0 Å². The average molecular weight is 532 g/mol. The molecule has 166 valence electrons. The fourth-order valence-electron chi connectivity index (χ4n) is 2.85. The first-order valence-corrected chi connectivity index (χ1v) is 11.9. The van der Waals surface area contributed by atoms with Crippen LogP contribution in [0.3, 0.4) is 0 Å². The van der Waals surface area contributed by atoms with Crippen LogP contribution in [0.2, 0.25) is 20.1 Å². The lowest BCUT2D eigenvalue weighted by Crippen LogP contribution is -2.24. The predicted octanol–water partition coefficient (Wildman–Crippen LogP) is 5.69. The molecule has 11 heteroatoms. The molecule has 0 aliphatic heterocycles. The van der Waals surface area contributed by atoms with Gasteiger partial charge in [0, 0.05) is 16.1 Å². The van der Waals surface area contributed by atoms with Gasteiger partial charge in [0.1, 0.15) is 4.90 Å². The van der Waals surface area contributed by atoms with E-state index in [0.29, 0.717) is 5.02 Å². The molecule has 0 saturated heterocycles. The number of carbonyl (C=O) groups is 2. The molecule has 0 spiro atoms. The van der Waals surface area contributed by atoms with Gasteiger partial charge in [-0.1, -0.05) is 64.6 Å². The minimum atomic E-state index is -4.28. The molecule has 0 aliphatic rings. The third kappa shape index (κ3) is 4.78. The number of nitrogens with one attached hydrogen (secondary N) is 2. The van der Waals surface area contributed by atoms with E-state index in [4.69, 9.17) is 46.4 Å². The van der Waals surface area contributed by atoms with Crippen LogP contribution in [0, 0.1) is 0 Å². The van der Waals surface area contributed by atoms with Crippen molar-refractivity contribution in [1.29, 1.82) is 0 Å². The summed E-state index contributed by atoms with van der Waals surface area (Å²) in [4.78, 5) is 25.6. The summed E-state index contributed by atoms with van der Waals surface area (Å²) in [6.45, 7) is 0. The van der Waals surface area contributed by atoms with Crippen LogP contribution in [0.25, 0.3) is 0 Å². The number of anilines is 1. The molecule has 2 N–H and O–H groups in total. The number of ketones is 1. The van der Waals surface area contributed by atoms with Crippen LogP contribution in [0.1, 0.15) is 26.3 Å². The number of benzene rings is 3. The third-order valence-corrected chi connectivity index (χ3v) is 7.60. The van der Waals surface area contributed by atoms with Crippen LogP contribution >= 0.6 is 46.4 Å². The summed E-state index contributed by atoms with van der Waals surface area (Å²) in [5.74, 6) is -1.38. The van der Waals surface area contributed by atoms with Gasteiger partial charge in [-0.15, -0.1) is 0 Å². The van der Waals surface area contributed by atoms with Crippen molar-refractivity contribution in [2.24, 2.45) is 0 Å². The van der Waals surface area contributed by atoms with Gasteiger partial charge in [0.15, 0.2) is 5.78 Å². The highest BCUT2D eigenvalue weighted by Crippen LogP contribution is 2.45. The average Bonchev–Trinajstić information content (AvgIpc) is 2.78. The van der Waals surface area contributed by atoms with E-state index in [1.54, 1.807) is 18.2 Å². The van der Waals surface area contributed by atoms with E-state index in [1.165, 1.54) is 36.4 Å². The lowest BCUT2D eigenvalue weighted by atomic mass is 10.0. The van der Waals surface area contributed by atoms with Gasteiger partial charge in [-0.05, 0) is 43.4 Å². The Morgan fingerprint density at radius 3 is 1.94 bits per heavy atom. The number of rotatable bonds is 6. The summed E-state index contributed by atoms with van der Waals surface area (Å²) in [6.07, 6.45) is 0. The van der Waals surface area contributed by atoms with Crippen molar-refractivity contribution in [1.82, 2.24) is 4.72 Å². The zero-order chi connectivity index (χ0) is 23.6. The van der Waals surface area contributed by atoms with Crippen molar-refractivity contribution < 1.29 is 18.0 Å². The van der Waals surface area contributed by atoms with Crippen molar-refractivity contribution in [2.45, 2.75) is 4.90 Å². The Morgan fingerprint density at radius 2 is 1.38 bits per heavy atom. The third-order valence-electron chi connectivity index (χ3n) is 4.43. The van der Waals surface area contributed by atoms with Gasteiger partial charge in [0.25, 0.3) is 5.91 Å². The number of hydrogen-bond donors (Lipinski definition) is 2. The summed E-state index contributed by atoms with van der Waals surface area (Å²) in [6, 6.07) is 13.8. The number of halogens is 4. The van der Waals surface area contributed by atoms with Crippen LogP contribution in [0.15, 0.2) is 59.5 Å². The van der Waals surface area contributed by atoms with E-state index in [0.717, 1.165) is 7.05 Å². The van der Waals surface area contributed by atoms with Crippen LogP contribution in [0.4, 0.5) is 5.69 Å². The Hall–Kier alpha value is -2.13. The second-order valence-corrected chi connectivity index (χ2v) is 9.78. The first kappa shape index (κ1) is 24.5. The molecule has 6 nitrogen and oxygen atoms in total. The molecule has 0 heterocycles. The number of amides is 1. The van der Waals surface area contributed by atoms with Crippen LogP contribution in [-0.4, -0.2) is 27.2 Å². The van der Waals surface area contributed by atoms with Crippen molar-refractivity contribution in [3.8, 4) is 0 Å². The monoisotopic (exact) mass is 530 g/mol. The first-order chi connectivity index (χ1) is 15.1. The Bertz CT molecular complexity index is 1310. The van der Waals surface area contributed by atoms with E-state index in [-0.39, 0.29) is 26.7 Å². The second kappa shape index (κ2) is 9.79. The molecule has 0 aliphatic carbocycles. The molecule has 0 saturated carbocycles. The Morgan fingerprint density at radius 1 is 0.781 bits per heavy atom. The van der Waals surface area contributed by atoms with Gasteiger partial charge in [-0.3, -0.25) is 9.59 Å². The minimum Gasteiger partial charge on any atom is -0.320 e. The van der Waals surface area contributed by atoms with E-state index in [2.05, 4.69) is 10.0 Å². The predicted molar refractivity (Wildman–Crippen MR) is 127 cm³/mol. The lowest BCUT2D eigenvalue weighted by Gasteiger charge is -2.19. The standard InChI is InChI=1S/C21H14Cl4N2O4S/c1-26-32(30,31)20-17(25)16(24)15(23)14(19(28)11-7-9-13(22)10-8-11)18(20)27-21(29)12-5-3-2-4-6-12/h2-10,26H,1H3,(H,27,29). The topological polar surface area (TPSA) is 92.3 Å². The van der Waals surface area contributed by atoms with Gasteiger partial charge in [-0.25, -0.2) is 13.1 Å². The first-order valence-electron chi connectivity index (χ1n) is 8.89. The number of hydrogen-bond acceptors (Lipinski definition) is 4. The fourth-order valence-corrected chi connectivity index (χ4v) is 5.00. The maximum atomic E-state index is 13.4. The highest BCUT2D eigenvalue weighted by Gasteiger charge is 2.33. The van der Waals surface area contributed by atoms with Crippen molar-refractivity contribution in [2.75, 3.05) is 12.4 Å². The molecule has 3 rings (SSSR count). The summed E-state index contributed by atoms with van der Waals surface area (Å²) in [5.41, 5.74) is -0.376. The summed E-state index contributed by atoms with van der Waals surface area (Å²) in [7, 11) is -3.13. The Labute approximate surface area is 204 Å². The van der Waals surface area contributed by atoms with E-state index < -0.39 is 37.3 Å². The van der Waals surface area contributed by atoms with Gasteiger partial charge in [0.2, 0.25) is 10.0 Å².